The van der Waals surface area contributed by atoms with Crippen LogP contribution in [0.25, 0.3) is 0 Å². The van der Waals surface area contributed by atoms with Crippen LogP contribution in [0.1, 0.15) is 19.8 Å². The van der Waals surface area contributed by atoms with Crippen molar-refractivity contribution in [2.24, 2.45) is 11.8 Å². The number of carboxylic acid groups (broad SMARTS) is 1. The molecule has 2 aliphatic heterocycles. The first-order valence-corrected chi connectivity index (χ1v) is 7.27. The molecule has 2 heterocycles. The molecule has 0 saturated carbocycles. The van der Waals surface area contributed by atoms with Crippen LogP contribution < -0.4 is 0 Å². The van der Waals surface area contributed by atoms with Crippen LogP contribution in [0.5, 0.6) is 0 Å². The molecule has 0 aromatic carbocycles. The molecule has 3 atom stereocenters. The summed E-state index contributed by atoms with van der Waals surface area (Å²) >= 11 is 0. The summed E-state index contributed by atoms with van der Waals surface area (Å²) < 4.78 is 5.25. The predicted octanol–water partition coefficient (Wildman–Crippen LogP) is 0.276. The molecule has 2 rings (SSSR count). The van der Waals surface area contributed by atoms with Crippen LogP contribution in [0.4, 0.5) is 0 Å². The van der Waals surface area contributed by atoms with Crippen molar-refractivity contribution in [3.63, 3.8) is 0 Å². The Morgan fingerprint density at radius 3 is 2.80 bits per heavy atom. The van der Waals surface area contributed by atoms with Gasteiger partial charge in [-0.3, -0.25) is 14.5 Å². The van der Waals surface area contributed by atoms with Crippen LogP contribution in [0.15, 0.2) is 0 Å². The first-order valence-electron chi connectivity index (χ1n) is 7.27. The van der Waals surface area contributed by atoms with Crippen molar-refractivity contribution in [3.05, 3.63) is 0 Å². The second-order valence-corrected chi connectivity index (χ2v) is 6.05. The molecule has 3 unspecified atom stereocenters. The lowest BCUT2D eigenvalue weighted by Crippen LogP contribution is -2.48. The highest BCUT2D eigenvalue weighted by molar-refractivity contribution is 5.78. The van der Waals surface area contributed by atoms with Gasteiger partial charge in [0.25, 0.3) is 0 Å². The van der Waals surface area contributed by atoms with Crippen LogP contribution in [-0.2, 0) is 14.3 Å². The van der Waals surface area contributed by atoms with Crippen LogP contribution in [0.2, 0.25) is 0 Å². The quantitative estimate of drug-likeness (QED) is 0.803. The fraction of sp³-hybridized carbons (Fsp3) is 0.857. The Kier molecular flexibility index (Phi) is 4.99. The van der Waals surface area contributed by atoms with Crippen molar-refractivity contribution in [3.8, 4) is 0 Å². The molecule has 6 heteroatoms. The summed E-state index contributed by atoms with van der Waals surface area (Å²) in [5.74, 6) is -0.735. The summed E-state index contributed by atoms with van der Waals surface area (Å²) in [6.45, 7) is 4.69. The Balaban J connectivity index is 1.88. The highest BCUT2D eigenvalue weighted by Crippen LogP contribution is 2.20. The number of likely N-dealkylation sites (tertiary alicyclic amines) is 1. The van der Waals surface area contributed by atoms with E-state index in [0.717, 1.165) is 19.5 Å². The Labute approximate surface area is 119 Å². The Bertz CT molecular complexity index is 374. The maximum atomic E-state index is 12.3. The molecule has 1 N–H and O–H groups in total. The first kappa shape index (κ1) is 15.3. The number of likely N-dealkylation sites (N-methyl/N-ethyl adjacent to an activating group) is 1. The van der Waals surface area contributed by atoms with E-state index in [0.29, 0.717) is 12.5 Å². The van der Waals surface area contributed by atoms with E-state index in [1.54, 1.807) is 7.05 Å². The molecular formula is C14H24N2O4. The van der Waals surface area contributed by atoms with Gasteiger partial charge in [0.2, 0.25) is 5.91 Å². The van der Waals surface area contributed by atoms with E-state index < -0.39 is 11.9 Å². The third-order valence-corrected chi connectivity index (χ3v) is 4.33. The molecule has 6 nitrogen and oxygen atoms in total. The number of nitrogens with zero attached hydrogens (tertiary/aromatic N) is 2. The first-order chi connectivity index (χ1) is 9.49. The SMILES string of the molecule is CC1CCCN(C(=O)CN(C)C2COCC2C(=O)O)C1. The highest BCUT2D eigenvalue weighted by atomic mass is 16.5. The van der Waals surface area contributed by atoms with Crippen molar-refractivity contribution < 1.29 is 19.4 Å². The molecular weight excluding hydrogens is 260 g/mol. The van der Waals surface area contributed by atoms with Crippen LogP contribution in [-0.4, -0.2) is 72.7 Å². The predicted molar refractivity (Wildman–Crippen MR) is 73.3 cm³/mol. The zero-order valence-electron chi connectivity index (χ0n) is 12.2. The van der Waals surface area contributed by atoms with Gasteiger partial charge in [-0.1, -0.05) is 6.92 Å². The zero-order chi connectivity index (χ0) is 14.7. The minimum atomic E-state index is -0.849. The van der Waals surface area contributed by atoms with E-state index in [1.165, 1.54) is 6.42 Å². The van der Waals surface area contributed by atoms with Crippen LogP contribution in [0, 0.1) is 11.8 Å². The zero-order valence-corrected chi connectivity index (χ0v) is 12.2. The van der Waals surface area contributed by atoms with E-state index >= 15 is 0 Å². The van der Waals surface area contributed by atoms with Crippen LogP contribution in [0.3, 0.4) is 0 Å². The number of piperidine rings is 1. The minimum Gasteiger partial charge on any atom is -0.481 e. The van der Waals surface area contributed by atoms with Crippen molar-refractivity contribution in [2.75, 3.05) is 39.9 Å². The average Bonchev–Trinajstić information content (AvgIpc) is 2.88. The van der Waals surface area contributed by atoms with E-state index in [-0.39, 0.29) is 25.1 Å². The van der Waals surface area contributed by atoms with Gasteiger partial charge >= 0.3 is 5.97 Å². The lowest BCUT2D eigenvalue weighted by molar-refractivity contribution is -0.144. The Hall–Kier alpha value is -1.14. The number of amides is 1. The van der Waals surface area contributed by atoms with Gasteiger partial charge in [0, 0.05) is 19.1 Å². The second kappa shape index (κ2) is 6.54. The summed E-state index contributed by atoms with van der Waals surface area (Å²) in [5, 5.41) is 9.15. The fourth-order valence-corrected chi connectivity index (χ4v) is 3.06. The number of hydrogen-bond acceptors (Lipinski definition) is 4. The van der Waals surface area contributed by atoms with Crippen molar-refractivity contribution in [2.45, 2.75) is 25.8 Å². The molecule has 2 saturated heterocycles. The number of ether oxygens (including phenoxy) is 1. The number of rotatable bonds is 4. The van der Waals surface area contributed by atoms with Gasteiger partial charge in [0.15, 0.2) is 0 Å². The van der Waals surface area contributed by atoms with Crippen molar-refractivity contribution >= 4 is 11.9 Å². The van der Waals surface area contributed by atoms with Crippen molar-refractivity contribution in [1.29, 1.82) is 0 Å². The molecule has 0 radical (unpaired) electrons. The number of hydrogen-bond donors (Lipinski definition) is 1. The van der Waals surface area contributed by atoms with Gasteiger partial charge in [0.05, 0.1) is 25.7 Å². The van der Waals surface area contributed by atoms with Gasteiger partial charge in [-0.2, -0.15) is 0 Å². The van der Waals surface area contributed by atoms with Gasteiger partial charge in [-0.05, 0) is 25.8 Å². The smallest absolute Gasteiger partial charge is 0.310 e. The van der Waals surface area contributed by atoms with Gasteiger partial charge in [-0.25, -0.2) is 0 Å². The largest absolute Gasteiger partial charge is 0.481 e. The van der Waals surface area contributed by atoms with Gasteiger partial charge < -0.3 is 14.7 Å². The molecule has 0 aromatic rings. The molecule has 0 aromatic heterocycles. The standard InChI is InChI=1S/C14H24N2O4/c1-10-4-3-5-16(6-10)13(17)7-15(2)12-9-20-8-11(12)14(18)19/h10-12H,3-9H2,1-2H3,(H,18,19). The molecule has 20 heavy (non-hydrogen) atoms. The second-order valence-electron chi connectivity index (χ2n) is 6.05. The molecule has 0 aliphatic carbocycles. The van der Waals surface area contributed by atoms with E-state index in [4.69, 9.17) is 9.84 Å². The number of carbonyl (C=O) groups excluding carboxylic acids is 1. The number of aliphatic carboxylic acids is 1. The summed E-state index contributed by atoms with van der Waals surface area (Å²) in [4.78, 5) is 27.2. The summed E-state index contributed by atoms with van der Waals surface area (Å²) in [5.41, 5.74) is 0. The Morgan fingerprint density at radius 1 is 1.40 bits per heavy atom. The monoisotopic (exact) mass is 284 g/mol. The summed E-state index contributed by atoms with van der Waals surface area (Å²) in [6, 6.07) is -0.210. The van der Waals surface area contributed by atoms with E-state index in [1.807, 2.05) is 9.80 Å². The van der Waals surface area contributed by atoms with Gasteiger partial charge in [0.1, 0.15) is 0 Å². The topological polar surface area (TPSA) is 70.1 Å². The summed E-state index contributed by atoms with van der Waals surface area (Å²) in [6.07, 6.45) is 2.23. The lowest BCUT2D eigenvalue weighted by Gasteiger charge is -2.33. The third-order valence-electron chi connectivity index (χ3n) is 4.33. The van der Waals surface area contributed by atoms with Gasteiger partial charge in [-0.15, -0.1) is 0 Å². The third kappa shape index (κ3) is 3.49. The lowest BCUT2D eigenvalue weighted by atomic mass is 10.00. The molecule has 2 aliphatic rings. The fourth-order valence-electron chi connectivity index (χ4n) is 3.06. The molecule has 1 amide bonds. The Morgan fingerprint density at radius 2 is 2.15 bits per heavy atom. The molecule has 0 spiro atoms. The molecule has 114 valence electrons. The van der Waals surface area contributed by atoms with E-state index in [2.05, 4.69) is 6.92 Å². The van der Waals surface area contributed by atoms with Crippen molar-refractivity contribution in [1.82, 2.24) is 9.80 Å². The normalized spacial score (nSPS) is 30.8. The maximum absolute atomic E-state index is 12.3. The maximum Gasteiger partial charge on any atom is 0.310 e. The highest BCUT2D eigenvalue weighted by Gasteiger charge is 2.37. The minimum absolute atomic E-state index is 0.0927. The summed E-state index contributed by atoms with van der Waals surface area (Å²) in [7, 11) is 1.81. The molecule has 0 bridgehead atoms. The molecule has 2 fully saturated rings. The average molecular weight is 284 g/mol. The van der Waals surface area contributed by atoms with Crippen LogP contribution >= 0.6 is 0 Å². The van der Waals surface area contributed by atoms with E-state index in [9.17, 15) is 9.59 Å². The number of carboxylic acids is 1. The number of carbonyl (C=O) groups is 2.